The Morgan fingerprint density at radius 2 is 2.28 bits per heavy atom. The zero-order valence-corrected chi connectivity index (χ0v) is 11.4. The maximum atomic E-state index is 13.6. The second-order valence-corrected chi connectivity index (χ2v) is 4.93. The Bertz CT molecular complexity index is 544. The van der Waals surface area contributed by atoms with Gasteiger partial charge >= 0.3 is 0 Å². The van der Waals surface area contributed by atoms with Crippen LogP contribution in [0.15, 0.2) is 27.2 Å². The van der Waals surface area contributed by atoms with E-state index in [-0.39, 0.29) is 17.5 Å². The van der Waals surface area contributed by atoms with Crippen molar-refractivity contribution in [3.8, 4) is 11.5 Å². The van der Waals surface area contributed by atoms with Gasteiger partial charge in [0.25, 0.3) is 5.89 Å². The van der Waals surface area contributed by atoms with Gasteiger partial charge in [0.1, 0.15) is 5.82 Å². The van der Waals surface area contributed by atoms with Crippen molar-refractivity contribution in [2.24, 2.45) is 5.73 Å². The molecule has 0 aliphatic rings. The van der Waals surface area contributed by atoms with E-state index >= 15 is 0 Å². The van der Waals surface area contributed by atoms with Crippen molar-refractivity contribution < 1.29 is 8.91 Å². The van der Waals surface area contributed by atoms with Crippen molar-refractivity contribution in [2.75, 3.05) is 0 Å². The number of aromatic nitrogens is 2. The van der Waals surface area contributed by atoms with Crippen LogP contribution in [0.5, 0.6) is 0 Å². The largest absolute Gasteiger partial charge is 0.334 e. The Kier molecular flexibility index (Phi) is 4.08. The number of nitrogens with zero attached hydrogens (tertiary/aromatic N) is 2. The van der Waals surface area contributed by atoms with Gasteiger partial charge in [-0.3, -0.25) is 0 Å². The molecule has 1 aromatic carbocycles. The van der Waals surface area contributed by atoms with E-state index in [4.69, 9.17) is 10.3 Å². The predicted molar refractivity (Wildman–Crippen MR) is 69.4 cm³/mol. The highest BCUT2D eigenvalue weighted by Crippen LogP contribution is 2.24. The van der Waals surface area contributed by atoms with Crippen LogP contribution in [0.25, 0.3) is 11.5 Å². The van der Waals surface area contributed by atoms with E-state index in [1.54, 1.807) is 12.1 Å². The molecule has 2 aromatic rings. The number of rotatable bonds is 4. The molecule has 0 saturated heterocycles. The first-order chi connectivity index (χ1) is 8.60. The minimum atomic E-state index is -0.395. The Balaban J connectivity index is 2.26. The molecule has 2 rings (SSSR count). The van der Waals surface area contributed by atoms with Crippen LogP contribution >= 0.6 is 15.9 Å². The average molecular weight is 314 g/mol. The minimum Gasteiger partial charge on any atom is -0.334 e. The molecule has 0 fully saturated rings. The highest BCUT2D eigenvalue weighted by atomic mass is 79.9. The van der Waals surface area contributed by atoms with E-state index < -0.39 is 5.82 Å². The minimum absolute atomic E-state index is 0.0113. The van der Waals surface area contributed by atoms with E-state index in [2.05, 4.69) is 26.1 Å². The molecule has 2 N–H and O–H groups in total. The van der Waals surface area contributed by atoms with Gasteiger partial charge in [-0.05, 0) is 24.6 Å². The van der Waals surface area contributed by atoms with Crippen LogP contribution < -0.4 is 5.73 Å². The summed E-state index contributed by atoms with van der Waals surface area (Å²) in [5.41, 5.74) is 6.09. The highest BCUT2D eigenvalue weighted by molar-refractivity contribution is 9.10. The summed E-state index contributed by atoms with van der Waals surface area (Å²) < 4.78 is 19.4. The van der Waals surface area contributed by atoms with E-state index in [0.717, 1.165) is 10.9 Å². The summed E-state index contributed by atoms with van der Waals surface area (Å²) in [6, 6.07) is 4.55. The molecule has 0 radical (unpaired) electrons. The van der Waals surface area contributed by atoms with Crippen molar-refractivity contribution in [2.45, 2.75) is 25.8 Å². The first kappa shape index (κ1) is 13.2. The van der Waals surface area contributed by atoms with Gasteiger partial charge in [0.2, 0.25) is 0 Å². The summed E-state index contributed by atoms with van der Waals surface area (Å²) in [5.74, 6) is 0.277. The van der Waals surface area contributed by atoms with E-state index in [1.165, 1.54) is 6.07 Å². The van der Waals surface area contributed by atoms with Crippen LogP contribution in [0.3, 0.4) is 0 Å². The van der Waals surface area contributed by atoms with Crippen LogP contribution in [-0.2, 0) is 6.42 Å². The summed E-state index contributed by atoms with van der Waals surface area (Å²) >= 11 is 3.28. The van der Waals surface area contributed by atoms with Gasteiger partial charge < -0.3 is 10.3 Å². The molecule has 1 aromatic heterocycles. The van der Waals surface area contributed by atoms with Gasteiger partial charge in [-0.25, -0.2) is 4.39 Å². The lowest BCUT2D eigenvalue weighted by Crippen LogP contribution is -2.21. The number of nitrogens with two attached hydrogens (primary N) is 1. The fourth-order valence-corrected chi connectivity index (χ4v) is 1.85. The van der Waals surface area contributed by atoms with Crippen molar-refractivity contribution in [1.29, 1.82) is 0 Å². The zero-order chi connectivity index (χ0) is 13.1. The Hall–Kier alpha value is -1.27. The fourth-order valence-electron chi connectivity index (χ4n) is 1.49. The number of hydrogen-bond acceptors (Lipinski definition) is 4. The van der Waals surface area contributed by atoms with Crippen LogP contribution in [0.2, 0.25) is 0 Å². The Morgan fingerprint density at radius 3 is 3.00 bits per heavy atom. The molecule has 0 aliphatic heterocycles. The molecule has 0 amide bonds. The van der Waals surface area contributed by atoms with E-state index in [0.29, 0.717) is 12.2 Å². The molecular formula is C12H13BrFN3O. The molecule has 96 valence electrons. The Morgan fingerprint density at radius 1 is 1.50 bits per heavy atom. The van der Waals surface area contributed by atoms with Crippen molar-refractivity contribution in [3.05, 3.63) is 34.3 Å². The Labute approximate surface area is 113 Å². The van der Waals surface area contributed by atoms with Gasteiger partial charge in [-0.2, -0.15) is 4.98 Å². The van der Waals surface area contributed by atoms with E-state index in [9.17, 15) is 4.39 Å². The smallest absolute Gasteiger partial charge is 0.260 e. The molecule has 1 atom stereocenters. The summed E-state index contributed by atoms with van der Waals surface area (Å²) in [7, 11) is 0. The normalized spacial score (nSPS) is 12.7. The number of halogens is 2. The molecule has 0 spiro atoms. The molecule has 4 nitrogen and oxygen atoms in total. The third-order valence-electron chi connectivity index (χ3n) is 2.60. The monoisotopic (exact) mass is 313 g/mol. The molecule has 0 saturated carbocycles. The summed E-state index contributed by atoms with van der Waals surface area (Å²) in [5, 5.41) is 3.80. The van der Waals surface area contributed by atoms with Gasteiger partial charge in [0.15, 0.2) is 5.82 Å². The number of benzene rings is 1. The topological polar surface area (TPSA) is 64.9 Å². The zero-order valence-electron chi connectivity index (χ0n) is 9.86. The first-order valence-corrected chi connectivity index (χ1v) is 6.43. The quantitative estimate of drug-likeness (QED) is 0.942. The summed E-state index contributed by atoms with van der Waals surface area (Å²) in [4.78, 5) is 4.15. The molecule has 18 heavy (non-hydrogen) atoms. The van der Waals surface area contributed by atoms with E-state index in [1.807, 2.05) is 6.92 Å². The summed E-state index contributed by atoms with van der Waals surface area (Å²) in [6.07, 6.45) is 1.35. The molecular weight excluding hydrogens is 301 g/mol. The van der Waals surface area contributed by atoms with Crippen LogP contribution in [0.4, 0.5) is 4.39 Å². The second kappa shape index (κ2) is 5.58. The van der Waals surface area contributed by atoms with Crippen LogP contribution in [0, 0.1) is 5.82 Å². The number of hydrogen-bond donors (Lipinski definition) is 1. The SMILES string of the molecule is CCC(N)Cc1noc(-c2cc(Br)ccc2F)n1. The van der Waals surface area contributed by atoms with Crippen LogP contribution in [-0.4, -0.2) is 16.2 Å². The van der Waals surface area contributed by atoms with Crippen molar-refractivity contribution >= 4 is 15.9 Å². The molecule has 6 heteroatoms. The lowest BCUT2D eigenvalue weighted by atomic mass is 10.1. The second-order valence-electron chi connectivity index (χ2n) is 4.01. The van der Waals surface area contributed by atoms with Crippen molar-refractivity contribution in [1.82, 2.24) is 10.1 Å². The van der Waals surface area contributed by atoms with Crippen LogP contribution in [0.1, 0.15) is 19.2 Å². The van der Waals surface area contributed by atoms with Crippen molar-refractivity contribution in [3.63, 3.8) is 0 Å². The third-order valence-corrected chi connectivity index (χ3v) is 3.09. The van der Waals surface area contributed by atoms with Gasteiger partial charge in [0, 0.05) is 16.9 Å². The average Bonchev–Trinajstić information content (AvgIpc) is 2.80. The molecule has 1 heterocycles. The fraction of sp³-hybridized carbons (Fsp3) is 0.333. The van der Waals surface area contributed by atoms with Gasteiger partial charge in [-0.15, -0.1) is 0 Å². The molecule has 0 aliphatic carbocycles. The third kappa shape index (κ3) is 2.94. The molecule has 0 bridgehead atoms. The molecule has 1 unspecified atom stereocenters. The van der Waals surface area contributed by atoms with Gasteiger partial charge in [0.05, 0.1) is 5.56 Å². The maximum absolute atomic E-state index is 13.6. The summed E-state index contributed by atoms with van der Waals surface area (Å²) in [6.45, 7) is 1.99. The first-order valence-electron chi connectivity index (χ1n) is 5.63. The lowest BCUT2D eigenvalue weighted by molar-refractivity contribution is 0.417. The van der Waals surface area contributed by atoms with Gasteiger partial charge in [-0.1, -0.05) is 28.0 Å². The maximum Gasteiger partial charge on any atom is 0.260 e. The highest BCUT2D eigenvalue weighted by Gasteiger charge is 2.15. The standard InChI is InChI=1S/C12H13BrFN3O/c1-2-8(15)6-11-16-12(18-17-11)9-5-7(13)3-4-10(9)14/h3-5,8H,2,6,15H2,1H3. The predicted octanol–water partition coefficient (Wildman–Crippen LogP) is 2.92. The lowest BCUT2D eigenvalue weighted by Gasteiger charge is -2.02.